The van der Waals surface area contributed by atoms with E-state index in [9.17, 15) is 0 Å². The maximum absolute atomic E-state index is 5.48. The summed E-state index contributed by atoms with van der Waals surface area (Å²) in [5.74, 6) is 0.910. The first-order valence-electron chi connectivity index (χ1n) is 10.2. The van der Waals surface area contributed by atoms with Gasteiger partial charge >= 0.3 is 0 Å². The number of hydrogen-bond acceptors (Lipinski definition) is 3. The van der Waals surface area contributed by atoms with Crippen molar-refractivity contribution in [3.8, 4) is 11.1 Å². The SMILES string of the molecule is Cc1cc(C)c(-c2cccc3c(CCCN(C)c4ccco4)n(C)nc23)c(C)c1. The van der Waals surface area contributed by atoms with E-state index in [0.717, 1.165) is 30.8 Å². The molecule has 4 heteroatoms. The number of benzene rings is 2. The lowest BCUT2D eigenvalue weighted by atomic mass is 9.92. The highest BCUT2D eigenvalue weighted by molar-refractivity contribution is 5.96. The zero-order valence-corrected chi connectivity index (χ0v) is 18.0. The molecule has 0 spiro atoms. The number of fused-ring (bicyclic) bond motifs is 1. The van der Waals surface area contributed by atoms with Crippen LogP contribution in [-0.2, 0) is 13.5 Å². The molecule has 4 rings (SSSR count). The minimum atomic E-state index is 0.910. The minimum absolute atomic E-state index is 0.910. The van der Waals surface area contributed by atoms with E-state index in [1.807, 2.05) is 12.1 Å². The summed E-state index contributed by atoms with van der Waals surface area (Å²) in [6.45, 7) is 7.49. The topological polar surface area (TPSA) is 34.2 Å². The standard InChI is InChI=1S/C25H29N3O/c1-17-15-18(2)24(19(3)16-17)21-10-6-9-20-22(28(5)26-25(20)21)11-7-13-27(4)23-12-8-14-29-23/h6,8-10,12,14-16H,7,11,13H2,1-5H3. The number of aryl methyl sites for hydroxylation is 5. The Labute approximate surface area is 172 Å². The summed E-state index contributed by atoms with van der Waals surface area (Å²) in [4.78, 5) is 2.16. The van der Waals surface area contributed by atoms with Crippen molar-refractivity contribution in [3.05, 3.63) is 71.1 Å². The molecule has 0 bridgehead atoms. The van der Waals surface area contributed by atoms with Crippen LogP contribution in [0.15, 0.2) is 53.1 Å². The third-order valence-electron chi connectivity index (χ3n) is 5.72. The molecule has 0 fully saturated rings. The summed E-state index contributed by atoms with van der Waals surface area (Å²) in [6.07, 6.45) is 3.74. The summed E-state index contributed by atoms with van der Waals surface area (Å²) in [5, 5.41) is 6.18. The molecule has 4 nitrogen and oxygen atoms in total. The molecule has 0 aliphatic carbocycles. The molecule has 4 aromatic rings. The molecule has 29 heavy (non-hydrogen) atoms. The largest absolute Gasteiger partial charge is 0.449 e. The van der Waals surface area contributed by atoms with Crippen LogP contribution < -0.4 is 4.90 Å². The van der Waals surface area contributed by atoms with E-state index in [1.54, 1.807) is 6.26 Å². The summed E-state index contributed by atoms with van der Waals surface area (Å²) in [6, 6.07) is 15.0. The van der Waals surface area contributed by atoms with E-state index in [2.05, 4.69) is 74.8 Å². The summed E-state index contributed by atoms with van der Waals surface area (Å²) in [5.41, 5.74) is 8.84. The molecule has 0 aliphatic heterocycles. The molecular weight excluding hydrogens is 358 g/mol. The first-order chi connectivity index (χ1) is 14.0. The third-order valence-corrected chi connectivity index (χ3v) is 5.72. The van der Waals surface area contributed by atoms with E-state index in [-0.39, 0.29) is 0 Å². The van der Waals surface area contributed by atoms with E-state index >= 15 is 0 Å². The maximum atomic E-state index is 5.48. The van der Waals surface area contributed by atoms with E-state index < -0.39 is 0 Å². The average Bonchev–Trinajstić information content (AvgIpc) is 3.30. The Morgan fingerprint density at radius 2 is 1.79 bits per heavy atom. The second kappa shape index (κ2) is 7.78. The fourth-order valence-corrected chi connectivity index (χ4v) is 4.45. The molecule has 2 aromatic heterocycles. The molecule has 2 aromatic carbocycles. The Bertz CT molecular complexity index is 1120. The minimum Gasteiger partial charge on any atom is -0.449 e. The summed E-state index contributed by atoms with van der Waals surface area (Å²) < 4.78 is 7.54. The highest BCUT2D eigenvalue weighted by Gasteiger charge is 2.16. The first kappa shape index (κ1) is 19.3. The second-order valence-corrected chi connectivity index (χ2v) is 8.02. The molecule has 0 saturated heterocycles. The first-order valence-corrected chi connectivity index (χ1v) is 10.2. The highest BCUT2D eigenvalue weighted by Crippen LogP contribution is 2.34. The second-order valence-electron chi connectivity index (χ2n) is 8.02. The van der Waals surface area contributed by atoms with Crippen LogP contribution >= 0.6 is 0 Å². The Morgan fingerprint density at radius 1 is 1.03 bits per heavy atom. The van der Waals surface area contributed by atoms with Gasteiger partial charge in [-0.05, 0) is 56.4 Å². The number of hydrogen-bond donors (Lipinski definition) is 0. The molecule has 0 saturated carbocycles. The van der Waals surface area contributed by atoms with Crippen molar-refractivity contribution in [1.29, 1.82) is 0 Å². The lowest BCUT2D eigenvalue weighted by Gasteiger charge is -2.15. The quantitative estimate of drug-likeness (QED) is 0.417. The molecule has 0 N–H and O–H groups in total. The lowest BCUT2D eigenvalue weighted by Crippen LogP contribution is -2.18. The van der Waals surface area contributed by atoms with Gasteiger partial charge in [0.15, 0.2) is 5.88 Å². The molecule has 0 amide bonds. The Kier molecular flexibility index (Phi) is 5.18. The van der Waals surface area contributed by atoms with Gasteiger partial charge in [-0.15, -0.1) is 0 Å². The van der Waals surface area contributed by atoms with Gasteiger partial charge in [-0.25, -0.2) is 0 Å². The molecule has 2 heterocycles. The Morgan fingerprint density at radius 3 is 2.48 bits per heavy atom. The van der Waals surface area contributed by atoms with Crippen LogP contribution in [0.5, 0.6) is 0 Å². The van der Waals surface area contributed by atoms with E-state index in [4.69, 9.17) is 9.52 Å². The van der Waals surface area contributed by atoms with Gasteiger partial charge in [-0.1, -0.05) is 35.9 Å². The normalized spacial score (nSPS) is 11.3. The van der Waals surface area contributed by atoms with Gasteiger partial charge in [0.2, 0.25) is 0 Å². The fraction of sp³-hybridized carbons (Fsp3) is 0.320. The summed E-state index contributed by atoms with van der Waals surface area (Å²) >= 11 is 0. The van der Waals surface area contributed by atoms with Gasteiger partial charge < -0.3 is 9.32 Å². The van der Waals surface area contributed by atoms with Crippen molar-refractivity contribution in [2.75, 3.05) is 18.5 Å². The van der Waals surface area contributed by atoms with E-state index in [1.165, 1.54) is 38.9 Å². The molecule has 0 radical (unpaired) electrons. The number of anilines is 1. The molecule has 0 aliphatic rings. The van der Waals surface area contributed by atoms with Crippen LogP contribution in [0.3, 0.4) is 0 Å². The predicted octanol–water partition coefficient (Wildman–Crippen LogP) is 5.83. The highest BCUT2D eigenvalue weighted by atomic mass is 16.3. The number of rotatable bonds is 6. The number of nitrogens with zero attached hydrogens (tertiary/aromatic N) is 3. The van der Waals surface area contributed by atoms with E-state index in [0.29, 0.717) is 0 Å². The van der Waals surface area contributed by atoms with Gasteiger partial charge in [0.05, 0.1) is 6.26 Å². The maximum Gasteiger partial charge on any atom is 0.194 e. The molecule has 150 valence electrons. The predicted molar refractivity (Wildman–Crippen MR) is 121 cm³/mol. The van der Waals surface area contributed by atoms with Gasteiger partial charge in [-0.2, -0.15) is 5.10 Å². The average molecular weight is 388 g/mol. The zero-order chi connectivity index (χ0) is 20.5. The van der Waals surface area contributed by atoms with Crippen LogP contribution in [0.4, 0.5) is 5.88 Å². The lowest BCUT2D eigenvalue weighted by molar-refractivity contribution is 0.550. The van der Waals surface area contributed by atoms with Crippen molar-refractivity contribution in [1.82, 2.24) is 9.78 Å². The van der Waals surface area contributed by atoms with Crippen molar-refractivity contribution >= 4 is 16.8 Å². The third kappa shape index (κ3) is 3.67. The fourth-order valence-electron chi connectivity index (χ4n) is 4.45. The smallest absolute Gasteiger partial charge is 0.194 e. The van der Waals surface area contributed by atoms with Crippen molar-refractivity contribution < 1.29 is 4.42 Å². The van der Waals surface area contributed by atoms with Gasteiger partial charge in [0.25, 0.3) is 0 Å². The molecule has 0 unspecified atom stereocenters. The summed E-state index contributed by atoms with van der Waals surface area (Å²) in [7, 11) is 4.13. The number of aromatic nitrogens is 2. The van der Waals surface area contributed by atoms with Crippen molar-refractivity contribution in [3.63, 3.8) is 0 Å². The van der Waals surface area contributed by atoms with Crippen LogP contribution in [0.2, 0.25) is 0 Å². The van der Waals surface area contributed by atoms with Crippen LogP contribution in [0, 0.1) is 20.8 Å². The molecule has 0 atom stereocenters. The van der Waals surface area contributed by atoms with Crippen molar-refractivity contribution in [2.45, 2.75) is 33.6 Å². The van der Waals surface area contributed by atoms with Gasteiger partial charge in [-0.3, -0.25) is 4.68 Å². The zero-order valence-electron chi connectivity index (χ0n) is 18.0. The van der Waals surface area contributed by atoms with Crippen LogP contribution in [-0.4, -0.2) is 23.4 Å². The Hall–Kier alpha value is -3.01. The van der Waals surface area contributed by atoms with Crippen LogP contribution in [0.1, 0.15) is 28.8 Å². The van der Waals surface area contributed by atoms with Gasteiger partial charge in [0.1, 0.15) is 5.52 Å². The van der Waals surface area contributed by atoms with Crippen LogP contribution in [0.25, 0.3) is 22.0 Å². The van der Waals surface area contributed by atoms with Gasteiger partial charge in [0, 0.05) is 43.4 Å². The monoisotopic (exact) mass is 387 g/mol. The number of furan rings is 1. The Balaban J connectivity index is 1.64. The molecular formula is C25H29N3O. The van der Waals surface area contributed by atoms with Crippen molar-refractivity contribution in [2.24, 2.45) is 7.05 Å².